The molecule has 0 saturated carbocycles. The molecule has 1 aromatic carbocycles. The molecule has 1 aliphatic rings. The van der Waals surface area contributed by atoms with Gasteiger partial charge in [-0.2, -0.15) is 0 Å². The van der Waals surface area contributed by atoms with Crippen molar-refractivity contribution < 1.29 is 24.5 Å². The summed E-state index contributed by atoms with van der Waals surface area (Å²) in [6.07, 6.45) is 16.5. The molecule has 2 rings (SSSR count). The number of rotatable bonds is 17. The van der Waals surface area contributed by atoms with E-state index in [1.807, 2.05) is 29.2 Å². The Morgan fingerprint density at radius 3 is 2.41 bits per heavy atom. The fourth-order valence-corrected chi connectivity index (χ4v) is 4.04. The maximum Gasteiger partial charge on any atom is 0.328 e. The molecule has 0 aliphatic carbocycles. The molecule has 1 aliphatic heterocycles. The lowest BCUT2D eigenvalue weighted by Crippen LogP contribution is -2.39. The summed E-state index contributed by atoms with van der Waals surface area (Å²) in [5.74, 6) is 0.583. The van der Waals surface area contributed by atoms with Crippen molar-refractivity contribution in [3.8, 4) is 5.75 Å². The van der Waals surface area contributed by atoms with Gasteiger partial charge in [0.15, 0.2) is 0 Å². The highest BCUT2D eigenvalue weighted by Crippen LogP contribution is 2.25. The first-order chi connectivity index (χ1) is 16.6. The van der Waals surface area contributed by atoms with Gasteiger partial charge in [0.1, 0.15) is 11.5 Å². The Kier molecular flexibility index (Phi) is 12.9. The lowest BCUT2D eigenvalue weighted by Gasteiger charge is -2.35. The van der Waals surface area contributed by atoms with Crippen LogP contribution in [0.15, 0.2) is 60.0 Å². The molecular weight excluding hydrogens is 430 g/mol. The van der Waals surface area contributed by atoms with Crippen LogP contribution in [-0.4, -0.2) is 54.0 Å². The standard InChI is InChI=1S/C28H41NO5/c1-3-4-20-29-24(22-30)14-18-27(26(29)17-19-28(31)32)34-21-10-8-6-5-7-9-11-23-12-15-25(33-2)16-13-23/h12-19,24,30H,3-11,20-22H2,1-2H3,(H,31,32). The van der Waals surface area contributed by atoms with E-state index in [2.05, 4.69) is 19.1 Å². The second-order valence-electron chi connectivity index (χ2n) is 8.64. The first-order valence-corrected chi connectivity index (χ1v) is 12.6. The average molecular weight is 472 g/mol. The summed E-state index contributed by atoms with van der Waals surface area (Å²) in [4.78, 5) is 13.1. The van der Waals surface area contributed by atoms with Crippen molar-refractivity contribution in [3.63, 3.8) is 0 Å². The van der Waals surface area contributed by atoms with Crippen molar-refractivity contribution in [1.29, 1.82) is 0 Å². The second kappa shape index (κ2) is 16.0. The highest BCUT2D eigenvalue weighted by Gasteiger charge is 2.23. The minimum absolute atomic E-state index is 0.0175. The Morgan fingerprint density at radius 2 is 1.76 bits per heavy atom. The number of hydrogen-bond acceptors (Lipinski definition) is 5. The molecule has 1 atom stereocenters. The fourth-order valence-electron chi connectivity index (χ4n) is 4.04. The Balaban J connectivity index is 1.73. The number of aryl methyl sites for hydroxylation is 1. The van der Waals surface area contributed by atoms with Gasteiger partial charge in [0, 0.05) is 12.6 Å². The molecule has 0 fully saturated rings. The zero-order chi connectivity index (χ0) is 24.6. The molecule has 0 bridgehead atoms. The first kappa shape index (κ1) is 27.5. The summed E-state index contributed by atoms with van der Waals surface area (Å²) in [6.45, 7) is 3.44. The van der Waals surface area contributed by atoms with E-state index in [-0.39, 0.29) is 12.6 Å². The van der Waals surface area contributed by atoms with Gasteiger partial charge in [-0.25, -0.2) is 4.79 Å². The molecule has 1 unspecified atom stereocenters. The van der Waals surface area contributed by atoms with Crippen molar-refractivity contribution in [2.45, 2.75) is 70.8 Å². The summed E-state index contributed by atoms with van der Waals surface area (Å²) in [6, 6.07) is 8.14. The van der Waals surface area contributed by atoms with Gasteiger partial charge in [0.05, 0.1) is 32.1 Å². The highest BCUT2D eigenvalue weighted by atomic mass is 16.5. The molecule has 188 valence electrons. The van der Waals surface area contributed by atoms with Crippen molar-refractivity contribution >= 4 is 5.97 Å². The number of carboxylic acids is 1. The molecule has 1 aromatic rings. The molecule has 6 heteroatoms. The zero-order valence-electron chi connectivity index (χ0n) is 20.7. The smallest absolute Gasteiger partial charge is 0.328 e. The number of allylic oxidation sites excluding steroid dienone is 2. The summed E-state index contributed by atoms with van der Waals surface area (Å²) in [7, 11) is 1.69. The topological polar surface area (TPSA) is 79.2 Å². The predicted octanol–water partition coefficient (Wildman–Crippen LogP) is 5.48. The van der Waals surface area contributed by atoms with E-state index in [0.717, 1.165) is 56.2 Å². The first-order valence-electron chi connectivity index (χ1n) is 12.6. The van der Waals surface area contributed by atoms with Crippen molar-refractivity contribution in [2.75, 3.05) is 26.9 Å². The number of ether oxygens (including phenoxy) is 2. The maximum absolute atomic E-state index is 11.1. The molecular formula is C28H41NO5. The minimum atomic E-state index is -0.996. The van der Waals surface area contributed by atoms with Crippen LogP contribution in [0.1, 0.15) is 63.9 Å². The van der Waals surface area contributed by atoms with E-state index in [1.165, 1.54) is 31.2 Å². The number of benzene rings is 1. The van der Waals surface area contributed by atoms with Gasteiger partial charge in [0.25, 0.3) is 0 Å². The number of hydrogen-bond donors (Lipinski definition) is 2. The van der Waals surface area contributed by atoms with Crippen LogP contribution in [0.4, 0.5) is 0 Å². The normalized spacial score (nSPS) is 15.9. The third kappa shape index (κ3) is 9.64. The van der Waals surface area contributed by atoms with E-state index in [0.29, 0.717) is 12.4 Å². The Morgan fingerprint density at radius 1 is 1.06 bits per heavy atom. The van der Waals surface area contributed by atoms with E-state index in [4.69, 9.17) is 14.6 Å². The SMILES string of the molecule is CCCCN1C(C=CC(=O)O)=C(OCCCCCCCCc2ccc(OC)cc2)C=CC1CO. The maximum atomic E-state index is 11.1. The monoisotopic (exact) mass is 471 g/mol. The third-order valence-electron chi connectivity index (χ3n) is 6.03. The number of aliphatic hydroxyl groups excluding tert-OH is 1. The van der Waals surface area contributed by atoms with E-state index >= 15 is 0 Å². The van der Waals surface area contributed by atoms with Crippen LogP contribution in [0.25, 0.3) is 0 Å². The number of carboxylic acid groups (broad SMARTS) is 1. The van der Waals surface area contributed by atoms with Crippen LogP contribution < -0.4 is 4.74 Å². The number of aliphatic carboxylic acids is 1. The average Bonchev–Trinajstić information content (AvgIpc) is 2.85. The van der Waals surface area contributed by atoms with Crippen LogP contribution in [0, 0.1) is 0 Å². The summed E-state index contributed by atoms with van der Waals surface area (Å²) in [5.41, 5.74) is 2.09. The highest BCUT2D eigenvalue weighted by molar-refractivity contribution is 5.80. The number of methoxy groups -OCH3 is 1. The van der Waals surface area contributed by atoms with E-state index in [1.54, 1.807) is 13.2 Å². The lowest BCUT2D eigenvalue weighted by atomic mass is 10.0. The van der Waals surface area contributed by atoms with Gasteiger partial charge < -0.3 is 24.6 Å². The van der Waals surface area contributed by atoms with Gasteiger partial charge >= 0.3 is 5.97 Å². The molecule has 0 spiro atoms. The van der Waals surface area contributed by atoms with E-state index in [9.17, 15) is 9.90 Å². The van der Waals surface area contributed by atoms with Gasteiger partial charge in [-0.15, -0.1) is 0 Å². The number of unbranched alkanes of at least 4 members (excludes halogenated alkanes) is 6. The van der Waals surface area contributed by atoms with Crippen molar-refractivity contribution in [1.82, 2.24) is 4.90 Å². The predicted molar refractivity (Wildman–Crippen MR) is 136 cm³/mol. The van der Waals surface area contributed by atoms with Gasteiger partial charge in [-0.1, -0.05) is 57.2 Å². The van der Waals surface area contributed by atoms with Crippen LogP contribution in [0.3, 0.4) is 0 Å². The largest absolute Gasteiger partial charge is 0.497 e. The van der Waals surface area contributed by atoms with Crippen LogP contribution in [-0.2, 0) is 16.0 Å². The number of nitrogens with zero attached hydrogens (tertiary/aromatic N) is 1. The van der Waals surface area contributed by atoms with Crippen LogP contribution >= 0.6 is 0 Å². The molecule has 1 heterocycles. The zero-order valence-corrected chi connectivity index (χ0v) is 20.7. The molecule has 0 radical (unpaired) electrons. The summed E-state index contributed by atoms with van der Waals surface area (Å²) in [5, 5.41) is 18.9. The fraction of sp³-hybridized carbons (Fsp3) is 0.536. The van der Waals surface area contributed by atoms with Crippen molar-refractivity contribution in [2.24, 2.45) is 0 Å². The second-order valence-corrected chi connectivity index (χ2v) is 8.64. The molecule has 6 nitrogen and oxygen atoms in total. The number of carbonyl (C=O) groups is 1. The van der Waals surface area contributed by atoms with Gasteiger partial charge in [0.2, 0.25) is 0 Å². The number of aliphatic hydroxyl groups is 1. The van der Waals surface area contributed by atoms with Crippen LogP contribution in [0.2, 0.25) is 0 Å². The van der Waals surface area contributed by atoms with Crippen LogP contribution in [0.5, 0.6) is 5.75 Å². The third-order valence-corrected chi connectivity index (χ3v) is 6.03. The quantitative estimate of drug-likeness (QED) is 0.231. The van der Waals surface area contributed by atoms with E-state index < -0.39 is 5.97 Å². The summed E-state index contributed by atoms with van der Waals surface area (Å²) < 4.78 is 11.3. The van der Waals surface area contributed by atoms with Crippen molar-refractivity contribution in [3.05, 3.63) is 65.6 Å². The Hall–Kier alpha value is -2.73. The van der Waals surface area contributed by atoms with Gasteiger partial charge in [-0.3, -0.25) is 0 Å². The molecule has 2 N–H and O–H groups in total. The van der Waals surface area contributed by atoms with Gasteiger partial charge in [-0.05, 0) is 55.5 Å². The lowest BCUT2D eigenvalue weighted by molar-refractivity contribution is -0.131. The molecule has 0 amide bonds. The molecule has 34 heavy (non-hydrogen) atoms. The Labute approximate surface area is 204 Å². The minimum Gasteiger partial charge on any atom is -0.497 e. The Bertz CT molecular complexity index is 813. The summed E-state index contributed by atoms with van der Waals surface area (Å²) >= 11 is 0. The molecule has 0 saturated heterocycles. The molecule has 0 aromatic heterocycles.